The fourth-order valence-electron chi connectivity index (χ4n) is 2.46. The molecule has 2 amide bonds. The Labute approximate surface area is 172 Å². The lowest BCUT2D eigenvalue weighted by Gasteiger charge is -2.14. The van der Waals surface area contributed by atoms with Crippen molar-refractivity contribution in [3.63, 3.8) is 0 Å². The van der Waals surface area contributed by atoms with Crippen LogP contribution in [0.1, 0.15) is 15.4 Å². The zero-order valence-electron chi connectivity index (χ0n) is 14.0. The maximum atomic E-state index is 13.0. The number of benzene rings is 1. The molecule has 9 heteroatoms. The van der Waals surface area contributed by atoms with E-state index in [1.165, 1.54) is 23.5 Å². The Morgan fingerprint density at radius 3 is 2.68 bits per heavy atom. The van der Waals surface area contributed by atoms with Gasteiger partial charge in [-0.2, -0.15) is 5.01 Å². The Hall–Kier alpha value is -2.75. The van der Waals surface area contributed by atoms with Crippen LogP contribution in [0.5, 0.6) is 0 Å². The lowest BCUT2D eigenvalue weighted by Crippen LogP contribution is -2.44. The van der Waals surface area contributed by atoms with Gasteiger partial charge in [0.15, 0.2) is 4.32 Å². The van der Waals surface area contributed by atoms with Crippen molar-refractivity contribution < 1.29 is 18.4 Å². The van der Waals surface area contributed by atoms with Gasteiger partial charge < -0.3 is 4.42 Å². The number of thiocarbonyl (C=S) groups is 1. The molecular formula is C19H11FN2O3S3. The highest BCUT2D eigenvalue weighted by molar-refractivity contribution is 8.26. The second-order valence-electron chi connectivity index (χ2n) is 5.64. The lowest BCUT2D eigenvalue weighted by atomic mass is 10.2. The van der Waals surface area contributed by atoms with E-state index in [2.05, 4.69) is 5.43 Å². The summed E-state index contributed by atoms with van der Waals surface area (Å²) in [5.41, 5.74) is 3.24. The summed E-state index contributed by atoms with van der Waals surface area (Å²) in [5.74, 6) is -0.162. The fraction of sp³-hybridized carbons (Fsp3) is 0. The maximum absolute atomic E-state index is 13.0. The van der Waals surface area contributed by atoms with Gasteiger partial charge in [-0.25, -0.2) is 4.39 Å². The molecule has 0 atom stereocenters. The smallest absolute Gasteiger partial charge is 0.285 e. The average molecular weight is 431 g/mol. The van der Waals surface area contributed by atoms with Gasteiger partial charge in [0.1, 0.15) is 17.3 Å². The normalized spacial score (nSPS) is 15.5. The third-order valence-corrected chi connectivity index (χ3v) is 5.95. The number of carbonyl (C=O) groups is 2. The van der Waals surface area contributed by atoms with Crippen molar-refractivity contribution >= 4 is 57.5 Å². The second kappa shape index (κ2) is 7.70. The van der Waals surface area contributed by atoms with Crippen LogP contribution in [0, 0.1) is 5.82 Å². The van der Waals surface area contributed by atoms with Gasteiger partial charge in [0.05, 0.1) is 9.78 Å². The van der Waals surface area contributed by atoms with Crippen LogP contribution >= 0.6 is 35.3 Å². The Morgan fingerprint density at radius 1 is 1.18 bits per heavy atom. The number of furan rings is 1. The van der Waals surface area contributed by atoms with E-state index in [-0.39, 0.29) is 10.1 Å². The predicted octanol–water partition coefficient (Wildman–Crippen LogP) is 4.69. The van der Waals surface area contributed by atoms with Gasteiger partial charge in [0, 0.05) is 11.6 Å². The van der Waals surface area contributed by atoms with Gasteiger partial charge in [-0.3, -0.25) is 15.0 Å². The number of nitrogens with one attached hydrogen (secondary N) is 1. The van der Waals surface area contributed by atoms with Crippen molar-refractivity contribution in [2.75, 3.05) is 0 Å². The lowest BCUT2D eigenvalue weighted by molar-refractivity contribution is -0.123. The molecule has 1 aliphatic heterocycles. The van der Waals surface area contributed by atoms with E-state index in [1.807, 2.05) is 0 Å². The van der Waals surface area contributed by atoms with E-state index < -0.39 is 11.8 Å². The highest BCUT2D eigenvalue weighted by Gasteiger charge is 2.34. The summed E-state index contributed by atoms with van der Waals surface area (Å²) in [6.07, 6.45) is 1.56. The SMILES string of the molecule is O=C(NN1C(=O)/C(=C/c2ccc(-c3ccc(F)cc3)o2)SC1=S)c1cccs1. The van der Waals surface area contributed by atoms with Crippen LogP contribution in [0.3, 0.4) is 0 Å². The number of halogens is 1. The highest BCUT2D eigenvalue weighted by atomic mass is 32.2. The van der Waals surface area contributed by atoms with Crippen LogP contribution in [0.4, 0.5) is 4.39 Å². The molecule has 28 heavy (non-hydrogen) atoms. The molecule has 4 rings (SSSR count). The number of hydrazine groups is 1. The van der Waals surface area contributed by atoms with Crippen LogP contribution in [-0.2, 0) is 4.79 Å². The summed E-state index contributed by atoms with van der Waals surface area (Å²) in [6.45, 7) is 0. The summed E-state index contributed by atoms with van der Waals surface area (Å²) in [4.78, 5) is 25.6. The van der Waals surface area contributed by atoms with E-state index in [0.717, 1.165) is 22.3 Å². The van der Waals surface area contributed by atoms with Gasteiger partial charge >= 0.3 is 0 Å². The average Bonchev–Trinajstić information content (AvgIpc) is 3.41. The molecule has 2 aromatic heterocycles. The van der Waals surface area contributed by atoms with E-state index in [1.54, 1.807) is 47.9 Å². The van der Waals surface area contributed by atoms with Gasteiger partial charge in [0.25, 0.3) is 11.8 Å². The quantitative estimate of drug-likeness (QED) is 0.480. The van der Waals surface area contributed by atoms with Crippen LogP contribution in [-0.4, -0.2) is 21.1 Å². The van der Waals surface area contributed by atoms with Crippen molar-refractivity contribution in [1.82, 2.24) is 10.4 Å². The number of carbonyl (C=O) groups excluding carboxylic acids is 2. The van der Waals surface area contributed by atoms with Crippen LogP contribution in [0.15, 0.2) is 63.2 Å². The highest BCUT2D eigenvalue weighted by Crippen LogP contribution is 2.33. The van der Waals surface area contributed by atoms with Gasteiger partial charge in [0.2, 0.25) is 0 Å². The summed E-state index contributed by atoms with van der Waals surface area (Å²) in [6, 6.07) is 12.8. The molecule has 1 aliphatic rings. The molecule has 1 N–H and O–H groups in total. The maximum Gasteiger partial charge on any atom is 0.285 e. The topological polar surface area (TPSA) is 62.6 Å². The number of rotatable bonds is 4. The van der Waals surface area contributed by atoms with E-state index >= 15 is 0 Å². The van der Waals surface area contributed by atoms with Crippen LogP contribution < -0.4 is 5.43 Å². The van der Waals surface area contributed by atoms with Gasteiger partial charge in [-0.1, -0.05) is 17.8 Å². The zero-order valence-corrected chi connectivity index (χ0v) is 16.5. The molecule has 3 heterocycles. The first kappa shape index (κ1) is 18.6. The van der Waals surface area contributed by atoms with Crippen molar-refractivity contribution in [1.29, 1.82) is 0 Å². The first-order valence-electron chi connectivity index (χ1n) is 7.99. The van der Waals surface area contributed by atoms with Crippen molar-refractivity contribution in [2.24, 2.45) is 0 Å². The van der Waals surface area contributed by atoms with Crippen molar-refractivity contribution in [2.45, 2.75) is 0 Å². The first-order valence-corrected chi connectivity index (χ1v) is 10.1. The molecule has 1 aromatic carbocycles. The minimum atomic E-state index is -0.431. The Morgan fingerprint density at radius 2 is 1.96 bits per heavy atom. The molecule has 0 spiro atoms. The Bertz CT molecular complexity index is 1090. The van der Waals surface area contributed by atoms with Crippen molar-refractivity contribution in [3.8, 4) is 11.3 Å². The molecule has 5 nitrogen and oxygen atoms in total. The minimum absolute atomic E-state index is 0.228. The summed E-state index contributed by atoms with van der Waals surface area (Å²) in [5, 5.41) is 2.83. The van der Waals surface area contributed by atoms with Gasteiger partial charge in [-0.15, -0.1) is 11.3 Å². The molecule has 140 valence electrons. The number of thioether (sulfide) groups is 1. The fourth-order valence-corrected chi connectivity index (χ4v) is 4.23. The summed E-state index contributed by atoms with van der Waals surface area (Å²) in [7, 11) is 0. The standard InChI is InChI=1S/C19H11FN2O3S3/c20-12-5-3-11(4-6-12)14-8-7-13(25-14)10-16-18(24)22(19(26)28-16)21-17(23)15-2-1-9-27-15/h1-10H,(H,21,23)/b16-10-. The summed E-state index contributed by atoms with van der Waals surface area (Å²) >= 11 is 7.54. The number of thiophene rings is 1. The number of hydrogen-bond donors (Lipinski definition) is 1. The van der Waals surface area contributed by atoms with Crippen LogP contribution in [0.25, 0.3) is 17.4 Å². The largest absolute Gasteiger partial charge is 0.457 e. The first-order chi connectivity index (χ1) is 13.5. The van der Waals surface area contributed by atoms with Crippen LogP contribution in [0.2, 0.25) is 0 Å². The monoisotopic (exact) mass is 430 g/mol. The number of nitrogens with zero attached hydrogens (tertiary/aromatic N) is 1. The minimum Gasteiger partial charge on any atom is -0.457 e. The molecule has 1 saturated heterocycles. The third kappa shape index (κ3) is 3.77. The second-order valence-corrected chi connectivity index (χ2v) is 8.27. The molecule has 0 radical (unpaired) electrons. The number of hydrogen-bond acceptors (Lipinski definition) is 6. The van der Waals surface area contributed by atoms with E-state index in [9.17, 15) is 14.0 Å². The third-order valence-electron chi connectivity index (χ3n) is 3.78. The molecule has 0 unspecified atom stereocenters. The van der Waals surface area contributed by atoms with E-state index in [4.69, 9.17) is 16.6 Å². The molecule has 3 aromatic rings. The molecule has 0 aliphatic carbocycles. The molecule has 0 bridgehead atoms. The molecular weight excluding hydrogens is 419 g/mol. The predicted molar refractivity (Wildman–Crippen MR) is 111 cm³/mol. The summed E-state index contributed by atoms with van der Waals surface area (Å²) < 4.78 is 19.0. The number of amides is 2. The Kier molecular flexibility index (Phi) is 5.12. The molecule has 0 saturated carbocycles. The van der Waals surface area contributed by atoms with Gasteiger partial charge in [-0.05, 0) is 60.1 Å². The zero-order chi connectivity index (χ0) is 19.7. The van der Waals surface area contributed by atoms with Crippen molar-refractivity contribution in [3.05, 3.63) is 75.3 Å². The Balaban J connectivity index is 1.51. The molecule has 1 fully saturated rings. The van der Waals surface area contributed by atoms with E-state index in [0.29, 0.717) is 21.3 Å².